The first-order chi connectivity index (χ1) is 26.9. The number of hydroxylamine groups is 1. The van der Waals surface area contributed by atoms with E-state index in [1.807, 2.05) is 56.3 Å². The molecule has 2 heterocycles. The molecule has 1 saturated carbocycles. The number of nitrogens with one attached hydrogen (secondary N) is 4. The molecule has 0 radical (unpaired) electrons. The molecule has 7 atom stereocenters. The average molecular weight is 867 g/mol. The van der Waals surface area contributed by atoms with E-state index in [1.54, 1.807) is 12.5 Å². The van der Waals surface area contributed by atoms with Crippen LogP contribution < -0.4 is 33.7 Å². The van der Waals surface area contributed by atoms with Crippen LogP contribution in [0.2, 0.25) is 0 Å². The van der Waals surface area contributed by atoms with Crippen molar-refractivity contribution >= 4 is 34.6 Å². The van der Waals surface area contributed by atoms with Crippen LogP contribution in [-0.2, 0) is 33.3 Å². The molecule has 0 bridgehead atoms. The maximum Gasteiger partial charge on any atom is 2.00 e. The van der Waals surface area contributed by atoms with Crippen LogP contribution in [0.5, 0.6) is 0 Å². The predicted octanol–water partition coefficient (Wildman–Crippen LogP) is 4.10. The summed E-state index contributed by atoms with van der Waals surface area (Å²) < 4.78 is 5.75. The number of H-pyrrole nitrogens is 2. The van der Waals surface area contributed by atoms with Gasteiger partial charge >= 0.3 is 23.1 Å². The molecule has 2 aromatic heterocycles. The van der Waals surface area contributed by atoms with Crippen LogP contribution in [0.4, 0.5) is 0 Å². The Hall–Kier alpha value is -3.99. The number of nitrogens with zero attached hydrogens (tertiary/aromatic N) is 4. The molecule has 7 N–H and O–H groups in total. The third-order valence-electron chi connectivity index (χ3n) is 11.9. The first-order valence-electron chi connectivity index (χ1n) is 19.4. The minimum absolute atomic E-state index is 0. The summed E-state index contributed by atoms with van der Waals surface area (Å²) in [5, 5.41) is 23.0. The number of carbonyl (C=O) groups excluding carboxylic acids is 2. The summed E-state index contributed by atoms with van der Waals surface area (Å²) in [7, 11) is 4.33. The fourth-order valence-corrected chi connectivity index (χ4v) is 9.37. The van der Waals surface area contributed by atoms with Crippen molar-refractivity contribution in [3.05, 3.63) is 125 Å². The Bertz CT molecular complexity index is 2080. The molecule has 4 aromatic rings. The van der Waals surface area contributed by atoms with Gasteiger partial charge in [-0.25, -0.2) is 16.9 Å². The number of allylic oxidation sites excluding steroid dienone is 2. The molecule has 1 unspecified atom stereocenters. The van der Waals surface area contributed by atoms with Gasteiger partial charge in [-0.15, -0.1) is 0 Å². The Morgan fingerprint density at radius 1 is 0.879 bits per heavy atom. The number of ketones is 2. The number of benzene rings is 2. The Morgan fingerprint density at radius 2 is 1.33 bits per heavy atom. The van der Waals surface area contributed by atoms with Gasteiger partial charge in [0.1, 0.15) is 0 Å². The van der Waals surface area contributed by atoms with Gasteiger partial charge in [-0.05, 0) is 44.6 Å². The van der Waals surface area contributed by atoms with Crippen molar-refractivity contribution < 1.29 is 33.1 Å². The van der Waals surface area contributed by atoms with Crippen molar-refractivity contribution in [2.45, 2.75) is 84.1 Å². The summed E-state index contributed by atoms with van der Waals surface area (Å²) in [6.45, 7) is 23.1. The quantitative estimate of drug-likeness (QED) is 0.0758. The maximum atomic E-state index is 12.5. The molecule has 0 spiro atoms. The van der Waals surface area contributed by atoms with E-state index in [4.69, 9.17) is 19.7 Å². The number of nitrogens with two attached hydrogens (primary N) is 1. The second-order valence-corrected chi connectivity index (χ2v) is 14.9. The summed E-state index contributed by atoms with van der Waals surface area (Å²) in [5.74, 6) is 5.03. The van der Waals surface area contributed by atoms with Crippen LogP contribution in [0.1, 0.15) is 78.2 Å². The summed E-state index contributed by atoms with van der Waals surface area (Å²) in [6.07, 6.45) is 6.26. The Balaban J connectivity index is 0.000000481. The summed E-state index contributed by atoms with van der Waals surface area (Å²) in [5.41, 5.74) is 12.7. The molecule has 58 heavy (non-hydrogen) atoms. The van der Waals surface area contributed by atoms with Crippen LogP contribution >= 0.6 is 0 Å². The van der Waals surface area contributed by atoms with Crippen LogP contribution in [0, 0.1) is 44.2 Å². The molecular weight excluding hydrogens is 807 g/mol. The first kappa shape index (κ1) is 50.2. The van der Waals surface area contributed by atoms with E-state index in [-0.39, 0.29) is 93.3 Å². The number of carbonyl (C=O) groups is 2. The molecule has 0 aliphatic heterocycles. The molecule has 14 heteroatoms. The third kappa shape index (κ3) is 9.72. The minimum atomic E-state index is -0.518. The second kappa shape index (κ2) is 22.4. The number of aromatic amines is 2. The number of halogens is 1. The Kier molecular flexibility index (Phi) is 19.4. The third-order valence-corrected chi connectivity index (χ3v) is 11.9. The van der Waals surface area contributed by atoms with Crippen molar-refractivity contribution in [2.75, 3.05) is 14.1 Å². The average Bonchev–Trinajstić information content (AvgIpc) is 3.87. The molecule has 0 saturated heterocycles. The molecule has 4 aliphatic rings. The fraction of sp³-hybridized carbons (Fsp3) is 0.432. The van der Waals surface area contributed by atoms with Crippen LogP contribution in [-0.4, -0.2) is 80.4 Å². The monoisotopic (exact) mass is 865 g/mol. The molecule has 306 valence electrons. The number of Topliss-reactive ketones (excluding diaryl/α,β-unsaturated/α-hetero) is 2. The minimum Gasteiger partial charge on any atom is -1.00 e. The SMILES string of the molecule is CNN.CNO.[3H]C.[Br-].[C-]#[N+]C1=C[C@]2(C)c3[nH]nc(-c4ccccc4)c3CC[C@H]2[C@H](C)C1=O.[C-]#[N+]C1C[C@]2(C)c3[nH]nc(-c4ccccc4)c3CC[C@H]2[C@H](C)C1=O.[CH3-].[Mg+2]. The van der Waals surface area contributed by atoms with E-state index in [0.717, 1.165) is 59.6 Å². The topological polar surface area (TPSA) is 171 Å². The summed E-state index contributed by atoms with van der Waals surface area (Å²) >= 11 is 0. The zero-order valence-corrected chi connectivity index (χ0v) is 38.0. The Morgan fingerprint density at radius 3 is 1.79 bits per heavy atom. The van der Waals surface area contributed by atoms with Gasteiger partial charge in [0, 0.05) is 71.1 Å². The van der Waals surface area contributed by atoms with Crippen molar-refractivity contribution in [3.8, 4) is 22.5 Å². The van der Waals surface area contributed by atoms with Crippen LogP contribution in [0.25, 0.3) is 32.2 Å². The number of hydrogen-bond donors (Lipinski definition) is 6. The number of aromatic nitrogens is 4. The second-order valence-electron chi connectivity index (χ2n) is 14.9. The van der Waals surface area contributed by atoms with Gasteiger partial charge in [0.15, 0.2) is 5.78 Å². The van der Waals surface area contributed by atoms with Crippen molar-refractivity contribution in [3.63, 3.8) is 0 Å². The standard InChI is InChI=1S/C20H21N3O.C20H19N3O.CH6N2.CH5NO.CH4.CH3.BrH.Mg/c2*1-12-15-10-9-14-17(13-7-5-4-6-8-13)22-23-19(14)20(15,2)11-16(21-3)18(12)24;1-3-2;1-2-3;;;;/h4-8,12,15-16H,9-11H2,1-2H3,(H,22,23);4-8,11-12,15H,9-10H2,1-2H3,(H,22,23);3H,2H2,1H3;2-3H,1H3;1H4;1H3;1H;/q;;;;;-1;;+2/p-1/t12-,15-,16?,20-;12-,15-,20-;;;;;;/m00....../s1/i;;;;1T;;;. The molecule has 8 rings (SSSR count). The van der Waals surface area contributed by atoms with E-state index in [2.05, 4.69) is 79.5 Å². The van der Waals surface area contributed by atoms with Gasteiger partial charge in [0.2, 0.25) is 11.5 Å². The number of hydrazine groups is 1. The van der Waals surface area contributed by atoms with Crippen molar-refractivity contribution in [1.82, 2.24) is 31.3 Å². The predicted molar refractivity (Wildman–Crippen MR) is 227 cm³/mol. The van der Waals surface area contributed by atoms with Gasteiger partial charge in [0.25, 0.3) is 6.04 Å². The van der Waals surface area contributed by atoms with Gasteiger partial charge in [-0.1, -0.05) is 102 Å². The summed E-state index contributed by atoms with van der Waals surface area (Å²) in [6, 6.07) is 19.9. The number of hydrogen-bond acceptors (Lipinski definition) is 8. The largest absolute Gasteiger partial charge is 2.00 e. The van der Waals surface area contributed by atoms with Crippen LogP contribution in [0.15, 0.2) is 72.4 Å². The maximum absolute atomic E-state index is 12.5. The molecule has 1 fully saturated rings. The van der Waals surface area contributed by atoms with Crippen molar-refractivity contribution in [2.24, 2.45) is 29.5 Å². The van der Waals surface area contributed by atoms with Gasteiger partial charge in [0.05, 0.1) is 18.0 Å². The molecule has 4 aliphatic carbocycles. The number of fused-ring (bicyclic) bond motifs is 6. The molecular formula is C44H58BrMgN9O3. The van der Waals surface area contributed by atoms with Gasteiger partial charge in [-0.2, -0.15) is 10.2 Å². The zero-order chi connectivity index (χ0) is 41.2. The Labute approximate surface area is 372 Å². The van der Waals surface area contributed by atoms with E-state index in [1.165, 1.54) is 25.6 Å². The first-order valence-corrected chi connectivity index (χ1v) is 18.4. The molecule has 0 amide bonds. The van der Waals surface area contributed by atoms with Gasteiger partial charge in [-0.3, -0.25) is 26.3 Å². The van der Waals surface area contributed by atoms with E-state index in [9.17, 15) is 9.59 Å². The van der Waals surface area contributed by atoms with E-state index < -0.39 is 6.04 Å². The zero-order valence-electron chi connectivity index (χ0n) is 36.0. The fourth-order valence-electron chi connectivity index (χ4n) is 9.37. The van der Waals surface area contributed by atoms with E-state index >= 15 is 0 Å². The molecule has 12 nitrogen and oxygen atoms in total. The molecule has 2 aromatic carbocycles. The van der Waals surface area contributed by atoms with Gasteiger partial charge < -0.3 is 39.3 Å². The normalized spacial score (nSPS) is 25.7. The van der Waals surface area contributed by atoms with Crippen molar-refractivity contribution in [1.29, 1.82) is 0 Å². The summed E-state index contributed by atoms with van der Waals surface area (Å²) in [4.78, 5) is 31.9. The number of rotatable bonds is 2. The smallest absolute Gasteiger partial charge is 1.00 e. The van der Waals surface area contributed by atoms with Crippen LogP contribution in [0.3, 0.4) is 0 Å². The van der Waals surface area contributed by atoms with E-state index in [0.29, 0.717) is 12.3 Å².